The van der Waals surface area contributed by atoms with Crippen molar-refractivity contribution in [1.82, 2.24) is 9.78 Å². The molecule has 2 heterocycles. The Labute approximate surface area is 181 Å². The Hall–Kier alpha value is -2.45. The molecule has 0 spiro atoms. The van der Waals surface area contributed by atoms with E-state index in [0.29, 0.717) is 11.6 Å². The summed E-state index contributed by atoms with van der Waals surface area (Å²) in [5.41, 5.74) is 3.69. The number of benzene rings is 2. The summed E-state index contributed by atoms with van der Waals surface area (Å²) in [5.74, 6) is 2.52. The fourth-order valence-electron chi connectivity index (χ4n) is 3.45. The van der Waals surface area contributed by atoms with E-state index in [-0.39, 0.29) is 11.2 Å². The summed E-state index contributed by atoms with van der Waals surface area (Å²) in [4.78, 5) is 12.5. The number of rotatable bonds is 4. The highest BCUT2D eigenvalue weighted by Gasteiger charge is 2.32. The number of ether oxygens (including phenoxy) is 2. The standard InChI is InChI=1S/C21H20BrN3O3S/c1-12-19-20(16-10-13(22)4-9-17(16)28-3)29-11-18(26)23-21(19)25(24-12)14-5-7-15(27-2)8-6-14/h4-10,20H,11H2,1-3H3,(H,23,26). The summed E-state index contributed by atoms with van der Waals surface area (Å²) in [6.07, 6.45) is 0. The maximum absolute atomic E-state index is 12.5. The van der Waals surface area contributed by atoms with E-state index in [9.17, 15) is 4.79 Å². The minimum atomic E-state index is -0.0941. The SMILES string of the molecule is COc1ccc(-n2nc(C)c3c2NC(=O)CSC3c2cc(Br)ccc2OC)cc1. The highest BCUT2D eigenvalue weighted by Crippen LogP contribution is 2.47. The van der Waals surface area contributed by atoms with Crippen molar-refractivity contribution in [2.75, 3.05) is 25.3 Å². The molecule has 1 unspecified atom stereocenters. The number of amides is 1. The predicted octanol–water partition coefficient (Wildman–Crippen LogP) is 4.74. The fraction of sp³-hybridized carbons (Fsp3) is 0.238. The van der Waals surface area contributed by atoms with Crippen LogP contribution in [-0.4, -0.2) is 35.7 Å². The third-order valence-corrected chi connectivity index (χ3v) is 6.54. The average Bonchev–Trinajstić information content (AvgIpc) is 2.93. The lowest BCUT2D eigenvalue weighted by Crippen LogP contribution is -2.15. The van der Waals surface area contributed by atoms with Crippen LogP contribution in [0.4, 0.5) is 5.82 Å². The Bertz CT molecular complexity index is 1070. The van der Waals surface area contributed by atoms with E-state index in [4.69, 9.17) is 14.6 Å². The largest absolute Gasteiger partial charge is 0.497 e. The molecule has 1 aromatic heterocycles. The van der Waals surface area contributed by atoms with Gasteiger partial charge in [-0.3, -0.25) is 4.79 Å². The molecule has 6 nitrogen and oxygen atoms in total. The van der Waals surface area contributed by atoms with Crippen LogP contribution in [0.1, 0.15) is 22.1 Å². The van der Waals surface area contributed by atoms with Gasteiger partial charge in [-0.1, -0.05) is 15.9 Å². The number of hydrogen-bond acceptors (Lipinski definition) is 5. The van der Waals surface area contributed by atoms with Crippen LogP contribution in [0.2, 0.25) is 0 Å². The molecule has 3 aromatic rings. The normalized spacial score (nSPS) is 16.0. The number of halogens is 1. The number of methoxy groups -OCH3 is 2. The number of aryl methyl sites for hydroxylation is 1. The topological polar surface area (TPSA) is 65.4 Å². The lowest BCUT2D eigenvalue weighted by Gasteiger charge is -2.18. The Morgan fingerprint density at radius 3 is 2.62 bits per heavy atom. The number of anilines is 1. The number of carbonyl (C=O) groups is 1. The third-order valence-electron chi connectivity index (χ3n) is 4.80. The molecular weight excluding hydrogens is 454 g/mol. The van der Waals surface area contributed by atoms with E-state index in [1.807, 2.05) is 49.4 Å². The van der Waals surface area contributed by atoms with Crippen molar-refractivity contribution in [2.45, 2.75) is 12.2 Å². The maximum atomic E-state index is 12.5. The number of carbonyl (C=O) groups excluding carboxylic acids is 1. The minimum Gasteiger partial charge on any atom is -0.497 e. The molecule has 150 valence electrons. The Morgan fingerprint density at radius 2 is 1.93 bits per heavy atom. The van der Waals surface area contributed by atoms with Crippen LogP contribution in [0, 0.1) is 6.92 Å². The number of fused-ring (bicyclic) bond motifs is 1. The molecule has 0 aliphatic carbocycles. The van der Waals surface area contributed by atoms with Crippen LogP contribution in [-0.2, 0) is 4.79 Å². The molecule has 1 amide bonds. The summed E-state index contributed by atoms with van der Waals surface area (Å²) < 4.78 is 13.6. The number of hydrogen-bond donors (Lipinski definition) is 1. The van der Waals surface area contributed by atoms with Crippen LogP contribution in [0.15, 0.2) is 46.9 Å². The van der Waals surface area contributed by atoms with Gasteiger partial charge in [0.2, 0.25) is 5.91 Å². The zero-order valence-corrected chi connectivity index (χ0v) is 18.6. The summed E-state index contributed by atoms with van der Waals surface area (Å²) in [6, 6.07) is 13.5. The second-order valence-electron chi connectivity index (χ2n) is 6.58. The molecule has 1 aliphatic rings. The number of thioether (sulfide) groups is 1. The van der Waals surface area contributed by atoms with Crippen molar-refractivity contribution >= 4 is 39.4 Å². The third kappa shape index (κ3) is 3.74. The van der Waals surface area contributed by atoms with E-state index in [2.05, 4.69) is 21.2 Å². The van der Waals surface area contributed by atoms with Crippen molar-refractivity contribution in [3.05, 3.63) is 63.8 Å². The fourth-order valence-corrected chi connectivity index (χ4v) is 5.03. The predicted molar refractivity (Wildman–Crippen MR) is 118 cm³/mol. The molecule has 0 fully saturated rings. The van der Waals surface area contributed by atoms with E-state index < -0.39 is 0 Å². The summed E-state index contributed by atoms with van der Waals surface area (Å²) in [7, 11) is 3.29. The molecule has 1 atom stereocenters. The van der Waals surface area contributed by atoms with Gasteiger partial charge < -0.3 is 14.8 Å². The number of nitrogens with one attached hydrogen (secondary N) is 1. The highest BCUT2D eigenvalue weighted by atomic mass is 79.9. The summed E-state index contributed by atoms with van der Waals surface area (Å²) in [5, 5.41) is 7.70. The molecule has 8 heteroatoms. The van der Waals surface area contributed by atoms with Gasteiger partial charge in [0.05, 0.1) is 36.6 Å². The Morgan fingerprint density at radius 1 is 1.17 bits per heavy atom. The molecule has 0 saturated carbocycles. The molecule has 2 aromatic carbocycles. The zero-order valence-electron chi connectivity index (χ0n) is 16.2. The lowest BCUT2D eigenvalue weighted by molar-refractivity contribution is -0.113. The Kier molecular flexibility index (Phi) is 5.56. The van der Waals surface area contributed by atoms with Gasteiger partial charge in [0.15, 0.2) is 0 Å². The van der Waals surface area contributed by atoms with Gasteiger partial charge in [-0.05, 0) is 49.4 Å². The van der Waals surface area contributed by atoms with Crippen LogP contribution in [0.25, 0.3) is 5.69 Å². The smallest absolute Gasteiger partial charge is 0.235 e. The second kappa shape index (κ2) is 8.12. The quantitative estimate of drug-likeness (QED) is 0.592. The first-order chi connectivity index (χ1) is 14.0. The van der Waals surface area contributed by atoms with Gasteiger partial charge >= 0.3 is 0 Å². The molecule has 1 N–H and O–H groups in total. The highest BCUT2D eigenvalue weighted by molar-refractivity contribution is 9.10. The zero-order chi connectivity index (χ0) is 20.5. The van der Waals surface area contributed by atoms with Crippen LogP contribution < -0.4 is 14.8 Å². The summed E-state index contributed by atoms with van der Waals surface area (Å²) in [6.45, 7) is 1.97. The molecule has 1 aliphatic heterocycles. The molecule has 0 bridgehead atoms. The van der Waals surface area contributed by atoms with Gasteiger partial charge in [0.1, 0.15) is 17.3 Å². The van der Waals surface area contributed by atoms with E-state index in [1.165, 1.54) is 0 Å². The van der Waals surface area contributed by atoms with Crippen molar-refractivity contribution in [2.24, 2.45) is 0 Å². The molecular formula is C21H20BrN3O3S. The van der Waals surface area contributed by atoms with E-state index in [0.717, 1.165) is 38.5 Å². The van der Waals surface area contributed by atoms with Crippen LogP contribution >= 0.6 is 27.7 Å². The van der Waals surface area contributed by atoms with Gasteiger partial charge in [0, 0.05) is 15.6 Å². The number of nitrogens with zero attached hydrogens (tertiary/aromatic N) is 2. The monoisotopic (exact) mass is 473 g/mol. The maximum Gasteiger partial charge on any atom is 0.235 e. The van der Waals surface area contributed by atoms with Gasteiger partial charge in [-0.2, -0.15) is 5.10 Å². The first-order valence-electron chi connectivity index (χ1n) is 9.00. The van der Waals surface area contributed by atoms with Crippen molar-refractivity contribution < 1.29 is 14.3 Å². The number of aromatic nitrogens is 2. The van der Waals surface area contributed by atoms with Crippen molar-refractivity contribution in [3.63, 3.8) is 0 Å². The molecule has 0 saturated heterocycles. The van der Waals surface area contributed by atoms with Gasteiger partial charge in [0.25, 0.3) is 0 Å². The second-order valence-corrected chi connectivity index (χ2v) is 8.59. The van der Waals surface area contributed by atoms with E-state index >= 15 is 0 Å². The van der Waals surface area contributed by atoms with Crippen LogP contribution in [0.3, 0.4) is 0 Å². The van der Waals surface area contributed by atoms with Crippen molar-refractivity contribution in [3.8, 4) is 17.2 Å². The van der Waals surface area contributed by atoms with Crippen LogP contribution in [0.5, 0.6) is 11.5 Å². The minimum absolute atomic E-state index is 0.0534. The molecule has 29 heavy (non-hydrogen) atoms. The van der Waals surface area contributed by atoms with E-state index in [1.54, 1.807) is 30.7 Å². The Balaban J connectivity index is 1.89. The first-order valence-corrected chi connectivity index (χ1v) is 10.8. The molecule has 0 radical (unpaired) electrons. The summed E-state index contributed by atoms with van der Waals surface area (Å²) >= 11 is 5.13. The molecule has 4 rings (SSSR count). The average molecular weight is 474 g/mol. The van der Waals surface area contributed by atoms with Gasteiger partial charge in [-0.25, -0.2) is 4.68 Å². The lowest BCUT2D eigenvalue weighted by atomic mass is 10.0. The first kappa shape index (κ1) is 19.8. The van der Waals surface area contributed by atoms with Crippen molar-refractivity contribution in [1.29, 1.82) is 0 Å². The van der Waals surface area contributed by atoms with Gasteiger partial charge in [-0.15, -0.1) is 11.8 Å².